The molecular weight excluding hydrogens is 353 g/mol. The number of carbonyl (C=O) groups is 1. The van der Waals surface area contributed by atoms with Crippen LogP contribution in [0.3, 0.4) is 0 Å². The highest BCUT2D eigenvalue weighted by atomic mass is 32.1. The molecule has 3 aromatic rings. The van der Waals surface area contributed by atoms with E-state index in [9.17, 15) is 18.0 Å². The minimum absolute atomic E-state index is 0.0910. The molecule has 3 rings (SSSR count). The number of hydrogen-bond donors (Lipinski definition) is 1. The van der Waals surface area contributed by atoms with Crippen LogP contribution < -0.4 is 5.32 Å². The molecule has 9 heteroatoms. The molecule has 0 saturated carbocycles. The van der Waals surface area contributed by atoms with E-state index in [-0.39, 0.29) is 18.1 Å². The number of rotatable bonds is 5. The Morgan fingerprint density at radius 3 is 2.80 bits per heavy atom. The van der Waals surface area contributed by atoms with Crippen LogP contribution in [-0.2, 0) is 23.9 Å². The number of amides is 1. The van der Waals surface area contributed by atoms with Gasteiger partial charge in [-0.25, -0.2) is 0 Å². The van der Waals surface area contributed by atoms with Crippen LogP contribution in [0, 0.1) is 6.92 Å². The fourth-order valence-electron chi connectivity index (χ4n) is 2.39. The highest BCUT2D eigenvalue weighted by molar-refractivity contribution is 7.10. The smallest absolute Gasteiger partial charge is 0.349 e. The molecule has 0 atom stereocenters. The second-order valence-electron chi connectivity index (χ2n) is 5.56. The Morgan fingerprint density at radius 2 is 2.12 bits per heavy atom. The van der Waals surface area contributed by atoms with Crippen molar-refractivity contribution in [3.63, 3.8) is 0 Å². The van der Waals surface area contributed by atoms with Crippen LogP contribution in [-0.4, -0.2) is 20.5 Å². The summed E-state index contributed by atoms with van der Waals surface area (Å²) in [4.78, 5) is 13.1. The van der Waals surface area contributed by atoms with Crippen molar-refractivity contribution in [2.24, 2.45) is 0 Å². The standard InChI is InChI=1S/C16H15F3N4OS/c1-10-5-7-25-12(10)2-3-15(24)20-9-14-22-21-13-8-11(16(17,18)19)4-6-23(13)14/h4-8H,2-3,9H2,1H3,(H,20,24). The number of nitrogens with zero attached hydrogens (tertiary/aromatic N) is 3. The second-order valence-corrected chi connectivity index (χ2v) is 6.56. The van der Waals surface area contributed by atoms with Gasteiger partial charge in [-0.15, -0.1) is 21.5 Å². The molecule has 3 heterocycles. The predicted octanol–water partition coefficient (Wildman–Crippen LogP) is 3.37. The Hall–Kier alpha value is -2.42. The molecule has 0 radical (unpaired) electrons. The number of carbonyl (C=O) groups excluding carboxylic acids is 1. The van der Waals surface area contributed by atoms with Crippen molar-refractivity contribution in [2.75, 3.05) is 0 Å². The van der Waals surface area contributed by atoms with E-state index in [0.29, 0.717) is 18.7 Å². The topological polar surface area (TPSA) is 59.3 Å². The van der Waals surface area contributed by atoms with E-state index in [1.165, 1.54) is 21.0 Å². The van der Waals surface area contributed by atoms with Crippen LogP contribution in [0.1, 0.15) is 28.2 Å². The summed E-state index contributed by atoms with van der Waals surface area (Å²) in [6.07, 6.45) is -2.17. The summed E-state index contributed by atoms with van der Waals surface area (Å²) in [5.74, 6) is 0.237. The Kier molecular flexibility index (Phi) is 4.76. The van der Waals surface area contributed by atoms with Crippen LogP contribution in [0.5, 0.6) is 0 Å². The van der Waals surface area contributed by atoms with Gasteiger partial charge in [0.25, 0.3) is 0 Å². The molecule has 5 nitrogen and oxygen atoms in total. The molecule has 0 fully saturated rings. The van der Waals surface area contributed by atoms with E-state index in [1.54, 1.807) is 11.3 Å². The largest absolute Gasteiger partial charge is 0.416 e. The first-order valence-corrected chi connectivity index (χ1v) is 8.43. The fourth-order valence-corrected chi connectivity index (χ4v) is 3.30. The van der Waals surface area contributed by atoms with Crippen molar-refractivity contribution in [1.29, 1.82) is 0 Å². The molecular formula is C16H15F3N4OS. The zero-order valence-electron chi connectivity index (χ0n) is 13.3. The number of thiophene rings is 1. The van der Waals surface area contributed by atoms with E-state index < -0.39 is 11.7 Å². The Bertz CT molecular complexity index is 900. The van der Waals surface area contributed by atoms with Gasteiger partial charge in [0.05, 0.1) is 12.1 Å². The molecule has 0 aliphatic rings. The molecule has 3 aromatic heterocycles. The van der Waals surface area contributed by atoms with Gasteiger partial charge in [-0.3, -0.25) is 9.20 Å². The van der Waals surface area contributed by atoms with Gasteiger partial charge in [-0.05, 0) is 42.5 Å². The highest BCUT2D eigenvalue weighted by Crippen LogP contribution is 2.29. The lowest BCUT2D eigenvalue weighted by Crippen LogP contribution is -2.24. The Labute approximate surface area is 145 Å². The molecule has 1 N–H and O–H groups in total. The van der Waals surface area contributed by atoms with Crippen molar-refractivity contribution in [1.82, 2.24) is 19.9 Å². The first kappa shape index (κ1) is 17.4. The minimum atomic E-state index is -4.43. The summed E-state index contributed by atoms with van der Waals surface area (Å²) < 4.78 is 39.5. The van der Waals surface area contributed by atoms with Gasteiger partial charge in [-0.2, -0.15) is 13.2 Å². The number of aromatic nitrogens is 3. The molecule has 25 heavy (non-hydrogen) atoms. The predicted molar refractivity (Wildman–Crippen MR) is 87.2 cm³/mol. The van der Waals surface area contributed by atoms with Crippen molar-refractivity contribution in [2.45, 2.75) is 32.5 Å². The Morgan fingerprint density at radius 1 is 1.32 bits per heavy atom. The summed E-state index contributed by atoms with van der Waals surface area (Å²) >= 11 is 1.61. The number of hydrogen-bond acceptors (Lipinski definition) is 4. The van der Waals surface area contributed by atoms with Crippen LogP contribution in [0.15, 0.2) is 29.8 Å². The maximum Gasteiger partial charge on any atom is 0.416 e. The van der Waals surface area contributed by atoms with Crippen molar-refractivity contribution in [3.05, 3.63) is 51.6 Å². The molecule has 0 bridgehead atoms. The van der Waals surface area contributed by atoms with Gasteiger partial charge in [-0.1, -0.05) is 0 Å². The number of nitrogens with one attached hydrogen (secondary N) is 1. The van der Waals surface area contributed by atoms with E-state index in [4.69, 9.17) is 0 Å². The van der Waals surface area contributed by atoms with Gasteiger partial charge in [0, 0.05) is 17.5 Å². The van der Waals surface area contributed by atoms with Crippen molar-refractivity contribution < 1.29 is 18.0 Å². The summed E-state index contributed by atoms with van der Waals surface area (Å²) in [7, 11) is 0. The third-order valence-corrected chi connectivity index (χ3v) is 4.88. The summed E-state index contributed by atoms with van der Waals surface area (Å²) in [5.41, 5.74) is 0.476. The maximum atomic E-state index is 12.7. The van der Waals surface area contributed by atoms with Crippen LogP contribution in [0.25, 0.3) is 5.65 Å². The van der Waals surface area contributed by atoms with E-state index in [0.717, 1.165) is 12.1 Å². The molecule has 0 aliphatic carbocycles. The summed E-state index contributed by atoms with van der Waals surface area (Å²) in [5, 5.41) is 12.3. The SMILES string of the molecule is Cc1ccsc1CCC(=O)NCc1nnc2cc(C(F)(F)F)ccn12. The lowest BCUT2D eigenvalue weighted by Gasteiger charge is -2.07. The molecule has 0 aliphatic heterocycles. The number of pyridine rings is 1. The molecule has 0 unspecified atom stereocenters. The quantitative estimate of drug-likeness (QED) is 0.751. The van der Waals surface area contributed by atoms with Crippen LogP contribution in [0.4, 0.5) is 13.2 Å². The van der Waals surface area contributed by atoms with Gasteiger partial charge in [0.15, 0.2) is 11.5 Å². The van der Waals surface area contributed by atoms with Gasteiger partial charge in [0.1, 0.15) is 0 Å². The van der Waals surface area contributed by atoms with Crippen molar-refractivity contribution in [3.8, 4) is 0 Å². The zero-order valence-corrected chi connectivity index (χ0v) is 14.1. The van der Waals surface area contributed by atoms with Crippen LogP contribution in [0.2, 0.25) is 0 Å². The number of halogens is 3. The summed E-state index contributed by atoms with van der Waals surface area (Å²) in [6, 6.07) is 3.90. The average Bonchev–Trinajstić information content (AvgIpc) is 3.15. The van der Waals surface area contributed by atoms with Gasteiger partial charge >= 0.3 is 6.18 Å². The first-order chi connectivity index (χ1) is 11.8. The first-order valence-electron chi connectivity index (χ1n) is 7.55. The van der Waals surface area contributed by atoms with Crippen LogP contribution >= 0.6 is 11.3 Å². The zero-order chi connectivity index (χ0) is 18.0. The van der Waals surface area contributed by atoms with E-state index >= 15 is 0 Å². The fraction of sp³-hybridized carbons (Fsp3) is 0.312. The maximum absolute atomic E-state index is 12.7. The summed E-state index contributed by atoms with van der Waals surface area (Å²) in [6.45, 7) is 2.11. The van der Waals surface area contributed by atoms with Gasteiger partial charge in [0.2, 0.25) is 5.91 Å². The normalized spacial score (nSPS) is 11.8. The lowest BCUT2D eigenvalue weighted by molar-refractivity contribution is -0.137. The second kappa shape index (κ2) is 6.83. The van der Waals surface area contributed by atoms with E-state index in [1.807, 2.05) is 18.4 Å². The number of alkyl halides is 3. The minimum Gasteiger partial charge on any atom is -0.349 e. The number of aryl methyl sites for hydroxylation is 2. The Balaban J connectivity index is 1.61. The van der Waals surface area contributed by atoms with Gasteiger partial charge < -0.3 is 5.32 Å². The highest BCUT2D eigenvalue weighted by Gasteiger charge is 2.31. The van der Waals surface area contributed by atoms with Crippen molar-refractivity contribution >= 4 is 22.9 Å². The lowest BCUT2D eigenvalue weighted by atomic mass is 10.2. The number of fused-ring (bicyclic) bond motifs is 1. The monoisotopic (exact) mass is 368 g/mol. The molecule has 0 saturated heterocycles. The molecule has 0 aromatic carbocycles. The average molecular weight is 368 g/mol. The third-order valence-electron chi connectivity index (χ3n) is 3.80. The third kappa shape index (κ3) is 3.98. The molecule has 0 spiro atoms. The van der Waals surface area contributed by atoms with E-state index in [2.05, 4.69) is 15.5 Å². The molecule has 132 valence electrons. The molecule has 1 amide bonds.